The lowest BCUT2D eigenvalue weighted by Crippen LogP contribution is -2.52. The van der Waals surface area contributed by atoms with Crippen molar-refractivity contribution < 1.29 is 14.4 Å². The van der Waals surface area contributed by atoms with E-state index in [1.807, 2.05) is 36.9 Å². The zero-order chi connectivity index (χ0) is 19.1. The Balaban J connectivity index is 1.77. The first kappa shape index (κ1) is 19.9. The fourth-order valence-corrected chi connectivity index (χ4v) is 2.91. The van der Waals surface area contributed by atoms with Crippen molar-refractivity contribution in [1.82, 2.24) is 15.1 Å². The molecule has 1 heterocycles. The second-order valence-electron chi connectivity index (χ2n) is 6.45. The summed E-state index contributed by atoms with van der Waals surface area (Å²) >= 11 is 0. The smallest absolute Gasteiger partial charge is 0.242 e. The van der Waals surface area contributed by atoms with E-state index in [9.17, 15) is 14.4 Å². The van der Waals surface area contributed by atoms with Gasteiger partial charge in [0.1, 0.15) is 0 Å². The minimum atomic E-state index is -0.347. The average Bonchev–Trinajstić information content (AvgIpc) is 2.63. The maximum absolute atomic E-state index is 12.3. The number of nitrogens with two attached hydrogens (primary N) is 1. The molecule has 1 aliphatic heterocycles. The summed E-state index contributed by atoms with van der Waals surface area (Å²) in [5, 5.41) is 5.46. The number of nitrogens with one attached hydrogen (secondary N) is 2. The van der Waals surface area contributed by atoms with E-state index in [2.05, 4.69) is 10.6 Å². The van der Waals surface area contributed by atoms with Crippen LogP contribution in [0.1, 0.15) is 11.1 Å². The van der Waals surface area contributed by atoms with E-state index >= 15 is 0 Å². The van der Waals surface area contributed by atoms with Crippen LogP contribution in [0.15, 0.2) is 18.2 Å². The van der Waals surface area contributed by atoms with Gasteiger partial charge in [-0.05, 0) is 25.0 Å². The minimum Gasteiger partial charge on any atom is -0.346 e. The summed E-state index contributed by atoms with van der Waals surface area (Å²) in [7, 11) is 0. The summed E-state index contributed by atoms with van der Waals surface area (Å²) < 4.78 is 0. The number of aryl methyl sites for hydroxylation is 2. The number of nitrogens with zero attached hydrogens (tertiary/aromatic N) is 2. The highest BCUT2D eigenvalue weighted by Gasteiger charge is 2.22. The van der Waals surface area contributed by atoms with Gasteiger partial charge in [-0.15, -0.1) is 0 Å². The van der Waals surface area contributed by atoms with Crippen molar-refractivity contribution in [1.29, 1.82) is 0 Å². The van der Waals surface area contributed by atoms with Gasteiger partial charge in [-0.2, -0.15) is 0 Å². The van der Waals surface area contributed by atoms with Crippen LogP contribution in [-0.2, 0) is 14.4 Å². The van der Waals surface area contributed by atoms with Crippen LogP contribution in [0, 0.1) is 13.8 Å². The van der Waals surface area contributed by atoms with Crippen LogP contribution in [0.4, 0.5) is 5.69 Å². The Bertz CT molecular complexity index is 649. The van der Waals surface area contributed by atoms with Gasteiger partial charge in [0.15, 0.2) is 0 Å². The molecule has 0 atom stereocenters. The Morgan fingerprint density at radius 2 is 1.65 bits per heavy atom. The molecule has 1 fully saturated rings. The molecule has 0 saturated carbocycles. The van der Waals surface area contributed by atoms with Gasteiger partial charge in [-0.3, -0.25) is 19.3 Å². The van der Waals surface area contributed by atoms with Gasteiger partial charge >= 0.3 is 0 Å². The number of hydrogen-bond donors (Lipinski definition) is 3. The molecule has 3 amide bonds. The quantitative estimate of drug-likeness (QED) is 0.631. The molecule has 1 saturated heterocycles. The van der Waals surface area contributed by atoms with E-state index in [0.717, 1.165) is 16.8 Å². The van der Waals surface area contributed by atoms with E-state index in [4.69, 9.17) is 5.73 Å². The first-order valence-electron chi connectivity index (χ1n) is 8.73. The third kappa shape index (κ3) is 5.53. The van der Waals surface area contributed by atoms with Crippen molar-refractivity contribution in [3.8, 4) is 0 Å². The molecular weight excluding hydrogens is 334 g/mol. The van der Waals surface area contributed by atoms with Crippen molar-refractivity contribution in [2.75, 3.05) is 51.1 Å². The van der Waals surface area contributed by atoms with Crippen LogP contribution < -0.4 is 16.4 Å². The number of carbonyl (C=O) groups is 3. The lowest BCUT2D eigenvalue weighted by Gasteiger charge is -2.34. The van der Waals surface area contributed by atoms with Gasteiger partial charge < -0.3 is 21.3 Å². The molecule has 142 valence electrons. The van der Waals surface area contributed by atoms with Gasteiger partial charge in [0.05, 0.1) is 19.6 Å². The summed E-state index contributed by atoms with van der Waals surface area (Å²) in [4.78, 5) is 39.2. The van der Waals surface area contributed by atoms with E-state index in [-0.39, 0.29) is 30.8 Å². The molecule has 2 rings (SSSR count). The number of rotatable bonds is 6. The lowest BCUT2D eigenvalue weighted by molar-refractivity contribution is -0.134. The van der Waals surface area contributed by atoms with Crippen LogP contribution in [-0.4, -0.2) is 73.3 Å². The third-order valence-corrected chi connectivity index (χ3v) is 4.46. The summed E-state index contributed by atoms with van der Waals surface area (Å²) in [6.45, 7) is 6.38. The number of para-hydroxylation sites is 1. The number of anilines is 1. The molecule has 26 heavy (non-hydrogen) atoms. The summed E-state index contributed by atoms with van der Waals surface area (Å²) in [6, 6.07) is 5.90. The van der Waals surface area contributed by atoms with Crippen LogP contribution >= 0.6 is 0 Å². The lowest BCUT2D eigenvalue weighted by atomic mass is 10.1. The highest BCUT2D eigenvalue weighted by Crippen LogP contribution is 2.19. The van der Waals surface area contributed by atoms with Gasteiger partial charge in [-0.25, -0.2) is 0 Å². The number of benzene rings is 1. The van der Waals surface area contributed by atoms with Crippen molar-refractivity contribution in [3.05, 3.63) is 29.3 Å². The molecule has 1 aromatic carbocycles. The molecule has 0 aliphatic carbocycles. The molecule has 8 heteroatoms. The highest BCUT2D eigenvalue weighted by molar-refractivity contribution is 5.93. The zero-order valence-corrected chi connectivity index (χ0v) is 15.4. The molecule has 0 unspecified atom stereocenters. The molecular formula is C18H27N5O3. The summed E-state index contributed by atoms with van der Waals surface area (Å²) in [5.41, 5.74) is 8.13. The zero-order valence-electron chi connectivity index (χ0n) is 15.4. The maximum Gasteiger partial charge on any atom is 0.242 e. The maximum atomic E-state index is 12.3. The fourth-order valence-electron chi connectivity index (χ4n) is 2.91. The van der Waals surface area contributed by atoms with Crippen LogP contribution in [0.3, 0.4) is 0 Å². The molecule has 4 N–H and O–H groups in total. The van der Waals surface area contributed by atoms with Crippen molar-refractivity contribution in [3.63, 3.8) is 0 Å². The third-order valence-electron chi connectivity index (χ3n) is 4.46. The van der Waals surface area contributed by atoms with Crippen molar-refractivity contribution in [2.24, 2.45) is 5.73 Å². The Labute approximate surface area is 153 Å². The van der Waals surface area contributed by atoms with Gasteiger partial charge in [-0.1, -0.05) is 18.2 Å². The Morgan fingerprint density at radius 3 is 2.23 bits per heavy atom. The van der Waals surface area contributed by atoms with Crippen LogP contribution in [0.5, 0.6) is 0 Å². The predicted molar refractivity (Wildman–Crippen MR) is 99.6 cm³/mol. The Morgan fingerprint density at radius 1 is 1.04 bits per heavy atom. The van der Waals surface area contributed by atoms with E-state index in [1.165, 1.54) is 0 Å². The van der Waals surface area contributed by atoms with E-state index < -0.39 is 0 Å². The predicted octanol–water partition coefficient (Wildman–Crippen LogP) is -0.539. The van der Waals surface area contributed by atoms with E-state index in [1.54, 1.807) is 4.90 Å². The average molecular weight is 361 g/mol. The highest BCUT2D eigenvalue weighted by atomic mass is 16.2. The first-order valence-corrected chi connectivity index (χ1v) is 8.73. The van der Waals surface area contributed by atoms with Gasteiger partial charge in [0.25, 0.3) is 0 Å². The molecule has 0 bridgehead atoms. The Kier molecular flexibility index (Phi) is 7.11. The largest absolute Gasteiger partial charge is 0.346 e. The van der Waals surface area contributed by atoms with Gasteiger partial charge in [0, 0.05) is 31.9 Å². The second-order valence-corrected chi connectivity index (χ2v) is 6.45. The molecule has 1 aliphatic rings. The molecule has 0 aromatic heterocycles. The number of amides is 3. The van der Waals surface area contributed by atoms with Crippen LogP contribution in [0.2, 0.25) is 0 Å². The molecule has 1 aromatic rings. The molecule has 8 nitrogen and oxygen atoms in total. The standard InChI is InChI=1S/C18H27N5O3/c1-13-4-3-5-14(2)18(13)21-16(25)12-22-6-8-23(9-7-22)17(26)11-20-15(24)10-19/h3-5H,6-12,19H2,1-2H3,(H,20,24)(H,21,25). The summed E-state index contributed by atoms with van der Waals surface area (Å²) in [5.74, 6) is -0.538. The first-order chi connectivity index (χ1) is 12.4. The van der Waals surface area contributed by atoms with Gasteiger partial charge in [0.2, 0.25) is 17.7 Å². The molecule has 0 radical (unpaired) electrons. The van der Waals surface area contributed by atoms with Crippen LogP contribution in [0.25, 0.3) is 0 Å². The minimum absolute atomic E-state index is 0.0386. The normalized spacial score (nSPS) is 14.8. The second kappa shape index (κ2) is 9.30. The number of piperazine rings is 1. The fraction of sp³-hybridized carbons (Fsp3) is 0.500. The summed E-state index contributed by atoms with van der Waals surface area (Å²) in [6.07, 6.45) is 0. The van der Waals surface area contributed by atoms with Crippen molar-refractivity contribution >= 4 is 23.4 Å². The molecule has 0 spiro atoms. The Hall–Kier alpha value is -2.45. The SMILES string of the molecule is Cc1cccc(C)c1NC(=O)CN1CCN(C(=O)CNC(=O)CN)CC1. The van der Waals surface area contributed by atoms with Crippen molar-refractivity contribution in [2.45, 2.75) is 13.8 Å². The topological polar surface area (TPSA) is 108 Å². The number of hydrogen-bond acceptors (Lipinski definition) is 5. The monoisotopic (exact) mass is 361 g/mol. The van der Waals surface area contributed by atoms with E-state index in [0.29, 0.717) is 32.7 Å². The number of carbonyl (C=O) groups excluding carboxylic acids is 3.